The number of nitrogens with zero attached hydrogens (tertiary/aromatic N) is 1. The summed E-state index contributed by atoms with van der Waals surface area (Å²) in [4.78, 5) is 16.2. The van der Waals surface area contributed by atoms with Gasteiger partial charge in [-0.2, -0.15) is 0 Å². The van der Waals surface area contributed by atoms with Crippen LogP contribution in [0.25, 0.3) is 0 Å². The summed E-state index contributed by atoms with van der Waals surface area (Å²) in [6, 6.07) is 11.8. The Bertz CT molecular complexity index is 596. The van der Waals surface area contributed by atoms with E-state index in [-0.39, 0.29) is 11.8 Å². The molecule has 0 bridgehead atoms. The lowest BCUT2D eigenvalue weighted by Crippen LogP contribution is -2.28. The van der Waals surface area contributed by atoms with Gasteiger partial charge in [0.2, 0.25) is 0 Å². The third kappa shape index (κ3) is 3.35. The number of anilines is 1. The van der Waals surface area contributed by atoms with E-state index >= 15 is 0 Å². The monoisotopic (exact) mass is 269 g/mol. The van der Waals surface area contributed by atoms with Crippen LogP contribution in [-0.2, 0) is 0 Å². The van der Waals surface area contributed by atoms with Crippen LogP contribution in [0.1, 0.15) is 34.5 Å². The topological polar surface area (TPSA) is 68.0 Å². The molecule has 0 aliphatic carbocycles. The molecule has 2 aromatic rings. The molecule has 1 heterocycles. The molecule has 104 valence electrons. The van der Waals surface area contributed by atoms with Gasteiger partial charge in [0.25, 0.3) is 5.91 Å². The van der Waals surface area contributed by atoms with Gasteiger partial charge in [-0.1, -0.05) is 37.3 Å². The van der Waals surface area contributed by atoms with Crippen molar-refractivity contribution >= 4 is 11.6 Å². The van der Waals surface area contributed by atoms with E-state index < -0.39 is 0 Å². The standard InChI is InChI=1S/C16H19N3O/c1-11(13-6-4-3-5-7-13)9-19-16(20)15-8-14(17)10-18-12(15)2/h3-8,10-11H,9,17H2,1-2H3,(H,19,20). The largest absolute Gasteiger partial charge is 0.397 e. The first kappa shape index (κ1) is 14.1. The highest BCUT2D eigenvalue weighted by molar-refractivity contribution is 5.95. The third-order valence-corrected chi connectivity index (χ3v) is 3.29. The fourth-order valence-corrected chi connectivity index (χ4v) is 2.02. The number of pyridine rings is 1. The van der Waals surface area contributed by atoms with Crippen LogP contribution in [0.3, 0.4) is 0 Å². The van der Waals surface area contributed by atoms with Crippen LogP contribution < -0.4 is 11.1 Å². The molecule has 2 rings (SSSR count). The minimum absolute atomic E-state index is 0.134. The minimum Gasteiger partial charge on any atom is -0.397 e. The number of rotatable bonds is 4. The molecular formula is C16H19N3O. The van der Waals surface area contributed by atoms with Crippen molar-refractivity contribution in [1.29, 1.82) is 0 Å². The highest BCUT2D eigenvalue weighted by atomic mass is 16.1. The summed E-state index contributed by atoms with van der Waals surface area (Å²) in [5, 5.41) is 2.93. The maximum Gasteiger partial charge on any atom is 0.253 e. The number of nitrogens with two attached hydrogens (primary N) is 1. The molecule has 3 N–H and O–H groups in total. The summed E-state index contributed by atoms with van der Waals surface area (Å²) < 4.78 is 0. The molecule has 1 amide bonds. The number of carbonyl (C=O) groups excluding carboxylic acids is 1. The van der Waals surface area contributed by atoms with Crippen LogP contribution in [-0.4, -0.2) is 17.4 Å². The molecule has 0 fully saturated rings. The first-order valence-corrected chi connectivity index (χ1v) is 6.63. The van der Waals surface area contributed by atoms with Crippen molar-refractivity contribution in [1.82, 2.24) is 10.3 Å². The van der Waals surface area contributed by atoms with E-state index in [0.717, 1.165) is 0 Å². The predicted molar refractivity (Wildman–Crippen MR) is 80.6 cm³/mol. The lowest BCUT2D eigenvalue weighted by molar-refractivity contribution is 0.0950. The summed E-state index contributed by atoms with van der Waals surface area (Å²) in [6.45, 7) is 4.46. The number of benzene rings is 1. The molecule has 1 aromatic carbocycles. The maximum atomic E-state index is 12.1. The average Bonchev–Trinajstić information content (AvgIpc) is 2.47. The molecule has 1 atom stereocenters. The molecule has 0 spiro atoms. The molecule has 1 unspecified atom stereocenters. The van der Waals surface area contributed by atoms with Gasteiger partial charge in [-0.25, -0.2) is 0 Å². The fraction of sp³-hybridized carbons (Fsp3) is 0.250. The summed E-state index contributed by atoms with van der Waals surface area (Å²) in [7, 11) is 0. The number of carbonyl (C=O) groups is 1. The first-order chi connectivity index (χ1) is 9.58. The molecule has 0 aliphatic heterocycles. The van der Waals surface area contributed by atoms with E-state index in [2.05, 4.69) is 29.4 Å². The van der Waals surface area contributed by atoms with Crippen molar-refractivity contribution in [2.75, 3.05) is 12.3 Å². The Morgan fingerprint density at radius 3 is 2.75 bits per heavy atom. The predicted octanol–water partition coefficient (Wildman–Crippen LogP) is 2.51. The van der Waals surface area contributed by atoms with Crippen LogP contribution in [0.15, 0.2) is 42.6 Å². The Labute approximate surface area is 119 Å². The number of aromatic nitrogens is 1. The number of hydrogen-bond acceptors (Lipinski definition) is 3. The van der Waals surface area contributed by atoms with Crippen molar-refractivity contribution in [3.05, 3.63) is 59.4 Å². The van der Waals surface area contributed by atoms with Gasteiger partial charge in [-0.05, 0) is 24.5 Å². The highest BCUT2D eigenvalue weighted by Crippen LogP contribution is 2.14. The van der Waals surface area contributed by atoms with Crippen LogP contribution in [0, 0.1) is 6.92 Å². The van der Waals surface area contributed by atoms with Crippen molar-refractivity contribution in [3.63, 3.8) is 0 Å². The van der Waals surface area contributed by atoms with Gasteiger partial charge in [0.1, 0.15) is 0 Å². The molecular weight excluding hydrogens is 250 g/mol. The smallest absolute Gasteiger partial charge is 0.253 e. The molecule has 0 saturated carbocycles. The fourth-order valence-electron chi connectivity index (χ4n) is 2.02. The van der Waals surface area contributed by atoms with Gasteiger partial charge in [-0.3, -0.25) is 9.78 Å². The zero-order valence-corrected chi connectivity index (χ0v) is 11.8. The second-order valence-electron chi connectivity index (χ2n) is 4.92. The van der Waals surface area contributed by atoms with Crippen LogP contribution in [0.4, 0.5) is 5.69 Å². The Balaban J connectivity index is 2.00. The van der Waals surface area contributed by atoms with E-state index in [9.17, 15) is 4.79 Å². The van der Waals surface area contributed by atoms with Crippen molar-refractivity contribution in [2.45, 2.75) is 19.8 Å². The number of nitrogens with one attached hydrogen (secondary N) is 1. The highest BCUT2D eigenvalue weighted by Gasteiger charge is 2.12. The van der Waals surface area contributed by atoms with Crippen LogP contribution in [0.2, 0.25) is 0 Å². The summed E-state index contributed by atoms with van der Waals surface area (Å²) in [5.41, 5.74) is 8.59. The molecule has 4 nitrogen and oxygen atoms in total. The normalized spacial score (nSPS) is 11.9. The minimum atomic E-state index is -0.134. The van der Waals surface area contributed by atoms with Gasteiger partial charge < -0.3 is 11.1 Å². The lowest BCUT2D eigenvalue weighted by atomic mass is 10.0. The number of aryl methyl sites for hydroxylation is 1. The van der Waals surface area contributed by atoms with E-state index in [1.54, 1.807) is 19.2 Å². The van der Waals surface area contributed by atoms with E-state index in [1.807, 2.05) is 18.2 Å². The second kappa shape index (κ2) is 6.19. The molecule has 0 radical (unpaired) electrons. The summed E-state index contributed by atoms with van der Waals surface area (Å²) in [5.74, 6) is 0.125. The zero-order valence-electron chi connectivity index (χ0n) is 11.8. The Hall–Kier alpha value is -2.36. The first-order valence-electron chi connectivity index (χ1n) is 6.63. The molecule has 0 saturated heterocycles. The molecule has 1 aromatic heterocycles. The number of amides is 1. The summed E-state index contributed by atoms with van der Waals surface area (Å²) >= 11 is 0. The second-order valence-corrected chi connectivity index (χ2v) is 4.92. The molecule has 0 aliphatic rings. The van der Waals surface area contributed by atoms with Gasteiger partial charge in [0.05, 0.1) is 23.1 Å². The zero-order chi connectivity index (χ0) is 14.5. The van der Waals surface area contributed by atoms with E-state index in [4.69, 9.17) is 5.73 Å². The third-order valence-electron chi connectivity index (χ3n) is 3.29. The molecule has 20 heavy (non-hydrogen) atoms. The molecule has 4 heteroatoms. The van der Waals surface area contributed by atoms with E-state index in [1.165, 1.54) is 5.56 Å². The van der Waals surface area contributed by atoms with Crippen molar-refractivity contribution in [2.24, 2.45) is 0 Å². The number of nitrogen functional groups attached to an aromatic ring is 1. The lowest BCUT2D eigenvalue weighted by Gasteiger charge is -2.13. The Morgan fingerprint density at radius 2 is 2.05 bits per heavy atom. The van der Waals surface area contributed by atoms with Crippen molar-refractivity contribution < 1.29 is 4.79 Å². The van der Waals surface area contributed by atoms with Gasteiger partial charge in [-0.15, -0.1) is 0 Å². The Kier molecular flexibility index (Phi) is 4.35. The maximum absolute atomic E-state index is 12.1. The van der Waals surface area contributed by atoms with Gasteiger partial charge in [0.15, 0.2) is 0 Å². The SMILES string of the molecule is Cc1ncc(N)cc1C(=O)NCC(C)c1ccccc1. The number of hydrogen-bond donors (Lipinski definition) is 2. The summed E-state index contributed by atoms with van der Waals surface area (Å²) in [6.07, 6.45) is 1.55. The quantitative estimate of drug-likeness (QED) is 0.896. The Morgan fingerprint density at radius 1 is 1.35 bits per heavy atom. The van der Waals surface area contributed by atoms with Gasteiger partial charge >= 0.3 is 0 Å². The van der Waals surface area contributed by atoms with E-state index in [0.29, 0.717) is 23.5 Å². The van der Waals surface area contributed by atoms with Crippen LogP contribution in [0.5, 0.6) is 0 Å². The average molecular weight is 269 g/mol. The van der Waals surface area contributed by atoms with Gasteiger partial charge in [0, 0.05) is 6.54 Å². The van der Waals surface area contributed by atoms with Crippen molar-refractivity contribution in [3.8, 4) is 0 Å². The van der Waals surface area contributed by atoms with Crippen LogP contribution >= 0.6 is 0 Å².